The Morgan fingerprint density at radius 1 is 1.27 bits per heavy atom. The molecule has 0 bridgehead atoms. The predicted octanol–water partition coefficient (Wildman–Crippen LogP) is 4.29. The zero-order chi connectivity index (χ0) is 15.5. The van der Waals surface area contributed by atoms with Crippen LogP contribution < -0.4 is 10.1 Å². The lowest BCUT2D eigenvalue weighted by atomic mass is 10.00. The van der Waals surface area contributed by atoms with Gasteiger partial charge in [0, 0.05) is 21.5 Å². The zero-order valence-electron chi connectivity index (χ0n) is 11.8. The van der Waals surface area contributed by atoms with E-state index in [0.717, 1.165) is 27.8 Å². The topological polar surface area (TPSA) is 38.3 Å². The van der Waals surface area contributed by atoms with Crippen LogP contribution in [-0.4, -0.2) is 12.5 Å². The summed E-state index contributed by atoms with van der Waals surface area (Å²) in [5.74, 6) is 0.839. The lowest BCUT2D eigenvalue weighted by Gasteiger charge is -2.27. The third-order valence-corrected chi connectivity index (χ3v) is 4.37. The molecule has 5 heteroatoms. The molecular formula is C17H15BrClNO2. The summed E-state index contributed by atoms with van der Waals surface area (Å²) in [5, 5.41) is 3.77. The van der Waals surface area contributed by atoms with Crippen molar-refractivity contribution in [3.63, 3.8) is 0 Å². The Labute approximate surface area is 142 Å². The number of amides is 1. The molecule has 0 aliphatic carbocycles. The predicted molar refractivity (Wildman–Crippen MR) is 90.3 cm³/mol. The molecule has 0 saturated heterocycles. The Morgan fingerprint density at radius 3 is 2.82 bits per heavy atom. The van der Waals surface area contributed by atoms with Gasteiger partial charge in [-0.25, -0.2) is 0 Å². The number of carbonyl (C=O) groups is 1. The fraction of sp³-hybridized carbons (Fsp3) is 0.235. The highest BCUT2D eigenvalue weighted by Gasteiger charge is 2.23. The Kier molecular flexibility index (Phi) is 4.69. The van der Waals surface area contributed by atoms with Crippen molar-refractivity contribution < 1.29 is 9.53 Å². The summed E-state index contributed by atoms with van der Waals surface area (Å²) in [5.41, 5.74) is 1.97. The Bertz CT molecular complexity index is 688. The maximum absolute atomic E-state index is 12.3. The van der Waals surface area contributed by atoms with Gasteiger partial charge in [0.2, 0.25) is 5.91 Å². The van der Waals surface area contributed by atoms with Crippen LogP contribution in [0.4, 0.5) is 0 Å². The van der Waals surface area contributed by atoms with Crippen LogP contribution in [0.1, 0.15) is 23.6 Å². The van der Waals surface area contributed by atoms with Gasteiger partial charge in [0.25, 0.3) is 0 Å². The lowest BCUT2D eigenvalue weighted by Crippen LogP contribution is -2.33. The molecule has 1 amide bonds. The van der Waals surface area contributed by atoms with Crippen molar-refractivity contribution in [2.45, 2.75) is 18.9 Å². The minimum Gasteiger partial charge on any atom is -0.493 e. The van der Waals surface area contributed by atoms with Crippen LogP contribution in [-0.2, 0) is 11.2 Å². The van der Waals surface area contributed by atoms with Gasteiger partial charge in [0.05, 0.1) is 19.1 Å². The number of benzene rings is 2. The second kappa shape index (κ2) is 6.71. The van der Waals surface area contributed by atoms with Gasteiger partial charge < -0.3 is 10.1 Å². The van der Waals surface area contributed by atoms with E-state index >= 15 is 0 Å². The van der Waals surface area contributed by atoms with Crippen molar-refractivity contribution in [3.8, 4) is 5.75 Å². The number of ether oxygens (including phenoxy) is 1. The van der Waals surface area contributed by atoms with Crippen molar-refractivity contribution >= 4 is 33.4 Å². The number of carbonyl (C=O) groups excluding carboxylic acids is 1. The summed E-state index contributed by atoms with van der Waals surface area (Å²) >= 11 is 9.32. The first-order valence-electron chi connectivity index (χ1n) is 7.08. The third-order valence-electron chi connectivity index (χ3n) is 3.62. The van der Waals surface area contributed by atoms with Crippen LogP contribution in [0.2, 0.25) is 5.02 Å². The number of rotatable bonds is 3. The fourth-order valence-corrected chi connectivity index (χ4v) is 3.05. The van der Waals surface area contributed by atoms with E-state index in [0.29, 0.717) is 18.1 Å². The van der Waals surface area contributed by atoms with E-state index in [2.05, 4.69) is 21.2 Å². The quantitative estimate of drug-likeness (QED) is 0.863. The number of nitrogens with one attached hydrogen (secondary N) is 1. The second-order valence-electron chi connectivity index (χ2n) is 5.24. The summed E-state index contributed by atoms with van der Waals surface area (Å²) in [6, 6.07) is 13.2. The molecule has 1 unspecified atom stereocenters. The molecule has 0 spiro atoms. The molecular weight excluding hydrogens is 366 g/mol. The van der Waals surface area contributed by atoms with E-state index < -0.39 is 0 Å². The highest BCUT2D eigenvalue weighted by molar-refractivity contribution is 9.10. The fourth-order valence-electron chi connectivity index (χ4n) is 2.55. The summed E-state index contributed by atoms with van der Waals surface area (Å²) < 4.78 is 6.62. The van der Waals surface area contributed by atoms with E-state index in [1.165, 1.54) is 0 Å². The number of hydrogen-bond donors (Lipinski definition) is 1. The van der Waals surface area contributed by atoms with Gasteiger partial charge in [-0.1, -0.05) is 39.7 Å². The van der Waals surface area contributed by atoms with Crippen LogP contribution in [0.15, 0.2) is 46.9 Å². The van der Waals surface area contributed by atoms with Crippen molar-refractivity contribution in [1.82, 2.24) is 5.32 Å². The molecule has 2 aromatic carbocycles. The second-order valence-corrected chi connectivity index (χ2v) is 6.59. The molecule has 1 atom stereocenters. The highest BCUT2D eigenvalue weighted by atomic mass is 79.9. The molecule has 0 saturated carbocycles. The van der Waals surface area contributed by atoms with Crippen LogP contribution >= 0.6 is 27.5 Å². The average molecular weight is 381 g/mol. The first-order chi connectivity index (χ1) is 10.6. The molecule has 1 aliphatic rings. The first kappa shape index (κ1) is 15.4. The zero-order valence-corrected chi connectivity index (χ0v) is 14.2. The summed E-state index contributed by atoms with van der Waals surface area (Å²) in [6.07, 6.45) is 1.12. The molecule has 22 heavy (non-hydrogen) atoms. The largest absolute Gasteiger partial charge is 0.493 e. The van der Waals surface area contributed by atoms with Gasteiger partial charge in [0.1, 0.15) is 5.75 Å². The molecule has 1 N–H and O–H groups in total. The van der Waals surface area contributed by atoms with Crippen LogP contribution in [0.3, 0.4) is 0 Å². The maximum atomic E-state index is 12.3. The van der Waals surface area contributed by atoms with E-state index in [9.17, 15) is 4.79 Å². The van der Waals surface area contributed by atoms with Gasteiger partial charge in [-0.15, -0.1) is 0 Å². The molecule has 3 nitrogen and oxygen atoms in total. The minimum absolute atomic E-state index is 0.000137. The van der Waals surface area contributed by atoms with Crippen molar-refractivity contribution in [2.75, 3.05) is 6.61 Å². The van der Waals surface area contributed by atoms with Crippen molar-refractivity contribution in [1.29, 1.82) is 0 Å². The Morgan fingerprint density at radius 2 is 2.05 bits per heavy atom. The van der Waals surface area contributed by atoms with Gasteiger partial charge in [-0.3, -0.25) is 4.79 Å². The molecule has 0 fully saturated rings. The standard InChI is InChI=1S/C17H15BrClNO2/c18-12-3-6-16-14(10-12)15(7-8-22-16)20-17(21)9-11-1-4-13(19)5-2-11/h1-6,10,15H,7-9H2,(H,20,21). The molecule has 0 radical (unpaired) electrons. The molecule has 1 aliphatic heterocycles. The number of fused-ring (bicyclic) bond motifs is 1. The molecule has 3 rings (SSSR count). The first-order valence-corrected chi connectivity index (χ1v) is 8.25. The maximum Gasteiger partial charge on any atom is 0.224 e. The number of hydrogen-bond acceptors (Lipinski definition) is 2. The van der Waals surface area contributed by atoms with E-state index in [4.69, 9.17) is 16.3 Å². The minimum atomic E-state index is -0.0129. The van der Waals surface area contributed by atoms with Gasteiger partial charge in [-0.05, 0) is 35.9 Å². The third kappa shape index (κ3) is 3.62. The molecule has 0 aromatic heterocycles. The van der Waals surface area contributed by atoms with Crippen LogP contribution in [0, 0.1) is 0 Å². The Hall–Kier alpha value is -1.52. The van der Waals surface area contributed by atoms with Crippen molar-refractivity contribution in [2.24, 2.45) is 0 Å². The van der Waals surface area contributed by atoms with E-state index in [1.807, 2.05) is 30.3 Å². The molecule has 114 valence electrons. The van der Waals surface area contributed by atoms with Crippen LogP contribution in [0.5, 0.6) is 5.75 Å². The van der Waals surface area contributed by atoms with Gasteiger partial charge >= 0.3 is 0 Å². The van der Waals surface area contributed by atoms with Gasteiger partial charge in [0.15, 0.2) is 0 Å². The SMILES string of the molecule is O=C(Cc1ccc(Cl)cc1)NC1CCOc2ccc(Br)cc21. The number of halogens is 2. The van der Waals surface area contributed by atoms with E-state index in [1.54, 1.807) is 12.1 Å². The molecule has 1 heterocycles. The average Bonchev–Trinajstić information content (AvgIpc) is 2.50. The lowest BCUT2D eigenvalue weighted by molar-refractivity contribution is -0.121. The Balaban J connectivity index is 1.70. The smallest absolute Gasteiger partial charge is 0.224 e. The monoisotopic (exact) mass is 379 g/mol. The summed E-state index contributed by atoms with van der Waals surface area (Å²) in [6.45, 7) is 0.612. The normalized spacial score (nSPS) is 16.5. The van der Waals surface area contributed by atoms with Crippen molar-refractivity contribution in [3.05, 3.63) is 63.1 Å². The molecule has 2 aromatic rings. The summed E-state index contributed by atoms with van der Waals surface area (Å²) in [7, 11) is 0. The highest BCUT2D eigenvalue weighted by Crippen LogP contribution is 2.34. The van der Waals surface area contributed by atoms with Gasteiger partial charge in [-0.2, -0.15) is 0 Å². The van der Waals surface area contributed by atoms with E-state index in [-0.39, 0.29) is 11.9 Å². The summed E-state index contributed by atoms with van der Waals surface area (Å²) in [4.78, 5) is 12.3. The van der Waals surface area contributed by atoms with Crippen LogP contribution in [0.25, 0.3) is 0 Å².